The maximum absolute atomic E-state index is 13.5. The Morgan fingerprint density at radius 2 is 2.00 bits per heavy atom. The van der Waals surface area contributed by atoms with Crippen molar-refractivity contribution < 1.29 is 14.2 Å². The van der Waals surface area contributed by atoms with Crippen molar-refractivity contribution in [1.82, 2.24) is 15.2 Å². The lowest BCUT2D eigenvalue weighted by Gasteiger charge is -2.24. The highest BCUT2D eigenvalue weighted by Crippen LogP contribution is 2.46. The first-order valence-electron chi connectivity index (χ1n) is 13.6. The van der Waals surface area contributed by atoms with E-state index in [1.807, 2.05) is 29.2 Å². The Morgan fingerprint density at radius 3 is 2.68 bits per heavy atom. The van der Waals surface area contributed by atoms with Gasteiger partial charge >= 0.3 is 0 Å². The van der Waals surface area contributed by atoms with Crippen LogP contribution >= 0.6 is 18.9 Å². The third-order valence-corrected chi connectivity index (χ3v) is 11.3. The fourth-order valence-corrected chi connectivity index (χ4v) is 8.60. The summed E-state index contributed by atoms with van der Waals surface area (Å²) in [6, 6.07) is 10.3. The molecule has 2 aromatic rings. The second-order valence-corrected chi connectivity index (χ2v) is 15.9. The molecule has 0 bridgehead atoms. The molecule has 10 heteroatoms. The Labute approximate surface area is 228 Å². The number of nitrogens with zero attached hydrogens (tertiary/aromatic N) is 3. The van der Waals surface area contributed by atoms with Gasteiger partial charge in [0.2, 0.25) is 5.91 Å². The smallest absolute Gasteiger partial charge is 0.255 e. The summed E-state index contributed by atoms with van der Waals surface area (Å²) < 4.78 is 13.4. The number of rotatable bonds is 7. The van der Waals surface area contributed by atoms with Crippen molar-refractivity contribution in [2.45, 2.75) is 68.9 Å². The molecule has 6 rings (SSSR count). The van der Waals surface area contributed by atoms with Crippen LogP contribution in [0.2, 0.25) is 0 Å². The molecular weight excluding hydrogens is 517 g/mol. The Morgan fingerprint density at radius 1 is 1.21 bits per heavy atom. The average Bonchev–Trinajstić information content (AvgIpc) is 3.41. The third kappa shape index (κ3) is 4.78. The van der Waals surface area contributed by atoms with E-state index in [4.69, 9.17) is 4.98 Å². The Kier molecular flexibility index (Phi) is 6.60. The monoisotopic (exact) mass is 553 g/mol. The van der Waals surface area contributed by atoms with Gasteiger partial charge < -0.3 is 14.8 Å². The van der Waals surface area contributed by atoms with Gasteiger partial charge in [-0.25, -0.2) is 4.98 Å². The van der Waals surface area contributed by atoms with E-state index in [0.717, 1.165) is 23.4 Å². The highest BCUT2D eigenvalue weighted by Gasteiger charge is 2.42. The summed E-state index contributed by atoms with van der Waals surface area (Å²) in [5, 5.41) is 7.94. The average molecular weight is 554 g/mol. The summed E-state index contributed by atoms with van der Waals surface area (Å²) in [6.07, 6.45) is 3.81. The van der Waals surface area contributed by atoms with E-state index in [9.17, 15) is 14.2 Å². The van der Waals surface area contributed by atoms with E-state index >= 15 is 0 Å². The predicted octanol–water partition coefficient (Wildman–Crippen LogP) is 4.37. The van der Waals surface area contributed by atoms with Gasteiger partial charge in [0.25, 0.3) is 5.91 Å². The molecule has 0 spiro atoms. The lowest BCUT2D eigenvalue weighted by Crippen LogP contribution is -2.35. The minimum absolute atomic E-state index is 0.0390. The first-order valence-corrected chi connectivity index (χ1v) is 17.1. The van der Waals surface area contributed by atoms with Gasteiger partial charge in [-0.05, 0) is 81.7 Å². The zero-order chi connectivity index (χ0) is 26.8. The zero-order valence-corrected chi connectivity index (χ0v) is 24.1. The van der Waals surface area contributed by atoms with Gasteiger partial charge in [-0.3, -0.25) is 19.8 Å². The summed E-state index contributed by atoms with van der Waals surface area (Å²) in [7, 11) is -2.67. The number of hydrogen-bond donors (Lipinski definition) is 2. The number of hydrogen-bond acceptors (Lipinski definition) is 7. The summed E-state index contributed by atoms with van der Waals surface area (Å²) in [5.41, 5.74) is 2.71. The van der Waals surface area contributed by atoms with E-state index < -0.39 is 7.14 Å². The quantitative estimate of drug-likeness (QED) is 0.492. The van der Waals surface area contributed by atoms with Gasteiger partial charge in [-0.15, -0.1) is 11.8 Å². The highest BCUT2D eigenvalue weighted by atomic mass is 32.2. The van der Waals surface area contributed by atoms with Crippen molar-refractivity contribution in [2.24, 2.45) is 5.92 Å². The molecule has 1 aromatic carbocycles. The van der Waals surface area contributed by atoms with Crippen LogP contribution in [0.1, 0.15) is 66.3 Å². The predicted molar refractivity (Wildman–Crippen MR) is 154 cm³/mol. The van der Waals surface area contributed by atoms with Crippen molar-refractivity contribution in [3.05, 3.63) is 47.0 Å². The van der Waals surface area contributed by atoms with Crippen LogP contribution in [0.15, 0.2) is 30.3 Å². The van der Waals surface area contributed by atoms with Gasteiger partial charge in [-0.2, -0.15) is 0 Å². The molecule has 2 amide bonds. The zero-order valence-electron chi connectivity index (χ0n) is 22.4. The van der Waals surface area contributed by atoms with Gasteiger partial charge in [-0.1, -0.05) is 12.1 Å². The van der Waals surface area contributed by atoms with E-state index in [1.54, 1.807) is 30.0 Å². The molecule has 3 aliphatic heterocycles. The maximum atomic E-state index is 13.5. The van der Waals surface area contributed by atoms with Crippen molar-refractivity contribution in [1.29, 1.82) is 0 Å². The van der Waals surface area contributed by atoms with Crippen LogP contribution in [-0.2, 0) is 15.9 Å². The van der Waals surface area contributed by atoms with E-state index in [1.165, 1.54) is 12.8 Å². The topological polar surface area (TPSA) is 94.6 Å². The number of fused-ring (bicyclic) bond motifs is 1. The van der Waals surface area contributed by atoms with Gasteiger partial charge in [0.1, 0.15) is 24.3 Å². The van der Waals surface area contributed by atoms with Crippen LogP contribution in [-0.4, -0.2) is 59.2 Å². The van der Waals surface area contributed by atoms with Crippen molar-refractivity contribution in [3.63, 3.8) is 0 Å². The molecule has 1 saturated carbocycles. The van der Waals surface area contributed by atoms with Gasteiger partial charge in [0.05, 0.1) is 5.56 Å². The first kappa shape index (κ1) is 25.9. The number of carbonyl (C=O) groups excluding carboxylic acids is 2. The standard InChI is InChI=1S/C28H36N5O3PS/c1-16-26(38-28(29-16)31-22-7-5-8-23(30-22)32-12-6-9-24(32)34)19-13-20-15-33(17(2)18-10-11-18)27(35)25(20)21(14-19)37(3,4)36/h5,7-8,13-14,16-18,26,28-29H,6,9-12,15H2,1-4H3,(H,30,31)/t16?,17?,26?,28-/m0/s1. The molecule has 4 aliphatic rings. The minimum Gasteiger partial charge on any atom is -0.346 e. The molecule has 2 N–H and O–H groups in total. The van der Waals surface area contributed by atoms with Crippen LogP contribution in [0.25, 0.3) is 0 Å². The summed E-state index contributed by atoms with van der Waals surface area (Å²) in [4.78, 5) is 34.1. The third-order valence-electron chi connectivity index (χ3n) is 8.26. The van der Waals surface area contributed by atoms with Crippen molar-refractivity contribution >= 4 is 47.7 Å². The fourth-order valence-electron chi connectivity index (χ4n) is 5.98. The Hall–Kier alpha value is -2.35. The van der Waals surface area contributed by atoms with Crippen LogP contribution in [0.3, 0.4) is 0 Å². The molecule has 3 fully saturated rings. The van der Waals surface area contributed by atoms with E-state index in [2.05, 4.69) is 30.5 Å². The molecular formula is C28H36N5O3PS. The first-order chi connectivity index (χ1) is 18.1. The van der Waals surface area contributed by atoms with Gasteiger partial charge in [0, 0.05) is 42.1 Å². The molecule has 202 valence electrons. The molecule has 4 atom stereocenters. The molecule has 4 heterocycles. The summed E-state index contributed by atoms with van der Waals surface area (Å²) in [6.45, 7) is 9.15. The van der Waals surface area contributed by atoms with E-state index in [0.29, 0.717) is 42.1 Å². The Balaban J connectivity index is 1.24. The van der Waals surface area contributed by atoms with E-state index in [-0.39, 0.29) is 34.6 Å². The van der Waals surface area contributed by atoms with Crippen molar-refractivity contribution in [2.75, 3.05) is 30.1 Å². The number of amides is 2. The van der Waals surface area contributed by atoms with Crippen molar-refractivity contribution in [3.8, 4) is 0 Å². The fraction of sp³-hybridized carbons (Fsp3) is 0.536. The molecule has 0 radical (unpaired) electrons. The minimum atomic E-state index is -2.67. The largest absolute Gasteiger partial charge is 0.346 e. The molecule has 38 heavy (non-hydrogen) atoms. The number of pyridine rings is 1. The second-order valence-electron chi connectivity index (χ2n) is 11.5. The van der Waals surface area contributed by atoms with Crippen LogP contribution < -0.4 is 20.8 Å². The Bertz CT molecular complexity index is 1340. The number of aromatic nitrogens is 1. The number of anilines is 2. The van der Waals surface area contributed by atoms with Crippen LogP contribution in [0.5, 0.6) is 0 Å². The lowest BCUT2D eigenvalue weighted by atomic mass is 10.0. The number of thioether (sulfide) groups is 1. The molecule has 8 nitrogen and oxygen atoms in total. The maximum Gasteiger partial charge on any atom is 0.255 e. The van der Waals surface area contributed by atoms with Gasteiger partial charge in [0.15, 0.2) is 0 Å². The lowest BCUT2D eigenvalue weighted by molar-refractivity contribution is -0.117. The summed E-state index contributed by atoms with van der Waals surface area (Å²) >= 11 is 1.76. The normalized spacial score (nSPS) is 26.3. The number of carbonyl (C=O) groups is 2. The number of benzene rings is 1. The molecule has 3 unspecified atom stereocenters. The molecule has 1 aliphatic carbocycles. The summed E-state index contributed by atoms with van der Waals surface area (Å²) in [5.74, 6) is 2.15. The molecule has 2 saturated heterocycles. The van der Waals surface area contributed by atoms with Crippen LogP contribution in [0, 0.1) is 5.92 Å². The molecule has 1 aromatic heterocycles. The number of nitrogens with one attached hydrogen (secondary N) is 2. The van der Waals surface area contributed by atoms with Crippen LogP contribution in [0.4, 0.5) is 11.6 Å². The SMILES string of the molecule is CC1N[C@@H](Nc2cccc(N3CCCC3=O)n2)SC1c1cc2c(c(P(C)(C)=O)c1)C(=O)N(C(C)C1CC1)C2. The highest BCUT2D eigenvalue weighted by molar-refractivity contribution is 8.00. The second kappa shape index (κ2) is 9.68.